The Kier molecular flexibility index (Phi) is 6.22. The molecule has 1 amide bonds. The van der Waals surface area contributed by atoms with Gasteiger partial charge in [0.2, 0.25) is 0 Å². The number of carbonyl (C=O) groups is 2. The first kappa shape index (κ1) is 19.4. The number of hydrogen-bond donors (Lipinski definition) is 1. The number of ether oxygens (including phenoxy) is 2. The molecule has 144 valence electrons. The minimum atomic E-state index is -0.327. The van der Waals surface area contributed by atoms with Crippen molar-refractivity contribution in [1.82, 2.24) is 10.3 Å². The Morgan fingerprint density at radius 2 is 2.00 bits per heavy atom. The maximum absolute atomic E-state index is 12.2. The molecule has 0 saturated heterocycles. The van der Waals surface area contributed by atoms with Gasteiger partial charge in [0.1, 0.15) is 12.4 Å². The van der Waals surface area contributed by atoms with Crippen LogP contribution in [0.25, 0.3) is 10.8 Å². The average Bonchev–Trinajstić information content (AvgIpc) is 2.73. The summed E-state index contributed by atoms with van der Waals surface area (Å²) < 4.78 is 10.5. The molecule has 0 aliphatic heterocycles. The number of nitrogens with zero attached hydrogens (tertiary/aromatic N) is 1. The first-order valence-electron chi connectivity index (χ1n) is 8.98. The second-order valence-electron chi connectivity index (χ2n) is 6.33. The molecule has 3 rings (SSSR count). The van der Waals surface area contributed by atoms with Gasteiger partial charge >= 0.3 is 5.97 Å². The molecule has 0 atom stereocenters. The molecule has 0 aliphatic carbocycles. The number of rotatable bonds is 7. The number of methoxy groups -OCH3 is 1. The number of fused-ring (bicyclic) bond motifs is 1. The third kappa shape index (κ3) is 4.65. The fraction of sp³-hybridized carbons (Fsp3) is 0.227. The average molecular weight is 378 g/mol. The van der Waals surface area contributed by atoms with Crippen LogP contribution in [0, 0.1) is 6.92 Å². The number of aryl methyl sites for hydroxylation is 1. The highest BCUT2D eigenvalue weighted by atomic mass is 16.5. The Bertz CT molecular complexity index is 986. The highest BCUT2D eigenvalue weighted by Crippen LogP contribution is 2.26. The number of esters is 1. The van der Waals surface area contributed by atoms with Crippen LogP contribution >= 0.6 is 0 Å². The predicted molar refractivity (Wildman–Crippen MR) is 106 cm³/mol. The van der Waals surface area contributed by atoms with Crippen molar-refractivity contribution >= 4 is 22.6 Å². The fourth-order valence-electron chi connectivity index (χ4n) is 2.96. The summed E-state index contributed by atoms with van der Waals surface area (Å²) in [5, 5.41) is 4.84. The van der Waals surface area contributed by atoms with E-state index in [4.69, 9.17) is 9.47 Å². The van der Waals surface area contributed by atoms with Gasteiger partial charge in [-0.05, 0) is 53.1 Å². The van der Waals surface area contributed by atoms with Crippen LogP contribution in [0.3, 0.4) is 0 Å². The molecule has 0 spiro atoms. The summed E-state index contributed by atoms with van der Waals surface area (Å²) in [6.07, 6.45) is 3.27. The molecule has 0 aliphatic rings. The molecule has 28 heavy (non-hydrogen) atoms. The zero-order chi connectivity index (χ0) is 19.9. The lowest BCUT2D eigenvalue weighted by molar-refractivity contribution is -0.142. The van der Waals surface area contributed by atoms with Crippen LogP contribution in [0.1, 0.15) is 21.5 Å². The third-order valence-electron chi connectivity index (χ3n) is 4.52. The summed E-state index contributed by atoms with van der Waals surface area (Å²) in [4.78, 5) is 27.9. The fourth-order valence-corrected chi connectivity index (χ4v) is 2.96. The molecular weight excluding hydrogens is 356 g/mol. The number of carbonyl (C=O) groups excluding carboxylic acids is 2. The lowest BCUT2D eigenvalue weighted by Gasteiger charge is -2.11. The van der Waals surface area contributed by atoms with Gasteiger partial charge in [-0.25, -0.2) is 0 Å². The largest absolute Gasteiger partial charge is 0.497 e. The molecule has 6 heteroatoms. The Labute approximate surface area is 163 Å². The van der Waals surface area contributed by atoms with E-state index in [2.05, 4.69) is 10.3 Å². The maximum atomic E-state index is 12.2. The van der Waals surface area contributed by atoms with Crippen molar-refractivity contribution in [3.8, 4) is 5.75 Å². The third-order valence-corrected chi connectivity index (χ3v) is 4.52. The van der Waals surface area contributed by atoms with Gasteiger partial charge in [0, 0.05) is 12.4 Å². The van der Waals surface area contributed by atoms with Crippen molar-refractivity contribution in [2.45, 2.75) is 13.3 Å². The molecule has 0 fully saturated rings. The summed E-state index contributed by atoms with van der Waals surface area (Å²) in [5.41, 5.74) is 2.43. The number of aromatic nitrogens is 1. The topological polar surface area (TPSA) is 77.5 Å². The molecular formula is C22H22N2O4. The number of benzene rings is 2. The molecule has 0 saturated carbocycles. The summed E-state index contributed by atoms with van der Waals surface area (Å²) >= 11 is 0. The van der Waals surface area contributed by atoms with Gasteiger partial charge in [-0.3, -0.25) is 14.6 Å². The van der Waals surface area contributed by atoms with Crippen molar-refractivity contribution in [3.05, 3.63) is 71.5 Å². The predicted octanol–water partition coefficient (Wildman–Crippen LogP) is 3.07. The van der Waals surface area contributed by atoms with Crippen LogP contribution in [0.4, 0.5) is 0 Å². The van der Waals surface area contributed by atoms with E-state index < -0.39 is 0 Å². The lowest BCUT2D eigenvalue weighted by Crippen LogP contribution is -2.28. The highest BCUT2D eigenvalue weighted by molar-refractivity contribution is 5.93. The maximum Gasteiger partial charge on any atom is 0.310 e. The van der Waals surface area contributed by atoms with Gasteiger partial charge in [-0.2, -0.15) is 0 Å². The van der Waals surface area contributed by atoms with Gasteiger partial charge in [-0.1, -0.05) is 18.2 Å². The molecule has 0 unspecified atom stereocenters. The number of amides is 1. The zero-order valence-electron chi connectivity index (χ0n) is 15.9. The lowest BCUT2D eigenvalue weighted by atomic mass is 9.98. The van der Waals surface area contributed by atoms with E-state index in [1.165, 1.54) is 6.20 Å². The van der Waals surface area contributed by atoms with E-state index >= 15 is 0 Å². The van der Waals surface area contributed by atoms with E-state index in [9.17, 15) is 9.59 Å². The second-order valence-corrected chi connectivity index (χ2v) is 6.33. The van der Waals surface area contributed by atoms with Crippen molar-refractivity contribution in [2.24, 2.45) is 0 Å². The van der Waals surface area contributed by atoms with Crippen LogP contribution in [0.5, 0.6) is 5.75 Å². The van der Waals surface area contributed by atoms with Gasteiger partial charge in [-0.15, -0.1) is 0 Å². The zero-order valence-corrected chi connectivity index (χ0v) is 15.9. The van der Waals surface area contributed by atoms with Gasteiger partial charge in [0.05, 0.1) is 25.6 Å². The van der Waals surface area contributed by atoms with E-state index in [1.54, 1.807) is 25.4 Å². The molecule has 0 radical (unpaired) electrons. The molecule has 1 heterocycles. The normalized spacial score (nSPS) is 10.5. The van der Waals surface area contributed by atoms with Crippen molar-refractivity contribution in [3.63, 3.8) is 0 Å². The second kappa shape index (κ2) is 8.99. The SMILES string of the molecule is COc1ccc2c(C)c(CC(=O)OCCNC(=O)c3cccnc3)ccc2c1. The van der Waals surface area contributed by atoms with Crippen LogP contribution < -0.4 is 10.1 Å². The Balaban J connectivity index is 1.52. The van der Waals surface area contributed by atoms with E-state index in [1.807, 2.05) is 37.3 Å². The minimum Gasteiger partial charge on any atom is -0.497 e. The summed E-state index contributed by atoms with van der Waals surface area (Å²) in [5.74, 6) is 0.226. The number of nitrogens with one attached hydrogen (secondary N) is 1. The summed E-state index contributed by atoms with van der Waals surface area (Å²) in [7, 11) is 1.64. The number of hydrogen-bond acceptors (Lipinski definition) is 5. The number of pyridine rings is 1. The van der Waals surface area contributed by atoms with Gasteiger partial charge in [0.15, 0.2) is 0 Å². The molecule has 2 aromatic carbocycles. The van der Waals surface area contributed by atoms with Crippen LogP contribution in [-0.2, 0) is 16.0 Å². The van der Waals surface area contributed by atoms with E-state index in [0.29, 0.717) is 5.56 Å². The van der Waals surface area contributed by atoms with Crippen molar-refractivity contribution in [2.75, 3.05) is 20.3 Å². The smallest absolute Gasteiger partial charge is 0.310 e. The van der Waals surface area contributed by atoms with Crippen LogP contribution in [0.2, 0.25) is 0 Å². The molecule has 6 nitrogen and oxygen atoms in total. The Morgan fingerprint density at radius 3 is 2.75 bits per heavy atom. The first-order valence-corrected chi connectivity index (χ1v) is 8.98. The van der Waals surface area contributed by atoms with Crippen LogP contribution in [-0.4, -0.2) is 37.1 Å². The van der Waals surface area contributed by atoms with Gasteiger partial charge < -0.3 is 14.8 Å². The summed E-state index contributed by atoms with van der Waals surface area (Å²) in [6.45, 7) is 2.36. The van der Waals surface area contributed by atoms with Crippen molar-refractivity contribution in [1.29, 1.82) is 0 Å². The minimum absolute atomic E-state index is 0.120. The standard InChI is InChI=1S/C22H22N2O4/c1-15-16(5-6-17-12-19(27-2)7-8-20(15)17)13-21(25)28-11-10-24-22(26)18-4-3-9-23-14-18/h3-9,12,14H,10-11,13H2,1-2H3,(H,24,26). The molecule has 1 N–H and O–H groups in total. The molecule has 3 aromatic rings. The monoisotopic (exact) mass is 378 g/mol. The van der Waals surface area contributed by atoms with Gasteiger partial charge in [0.25, 0.3) is 5.91 Å². The van der Waals surface area contributed by atoms with Crippen molar-refractivity contribution < 1.29 is 19.1 Å². The van der Waals surface area contributed by atoms with Crippen LogP contribution in [0.15, 0.2) is 54.9 Å². The highest BCUT2D eigenvalue weighted by Gasteiger charge is 2.11. The Hall–Kier alpha value is -3.41. The first-order chi connectivity index (χ1) is 13.6. The molecule has 0 bridgehead atoms. The summed E-state index contributed by atoms with van der Waals surface area (Å²) in [6, 6.07) is 13.1. The van der Waals surface area contributed by atoms with E-state index in [-0.39, 0.29) is 31.4 Å². The van der Waals surface area contributed by atoms with E-state index in [0.717, 1.165) is 27.6 Å². The molecule has 1 aromatic heterocycles. The Morgan fingerprint density at radius 1 is 1.14 bits per heavy atom. The quantitative estimate of drug-likeness (QED) is 0.505.